The Bertz CT molecular complexity index is 865. The van der Waals surface area contributed by atoms with E-state index in [1.165, 1.54) is 17.1 Å². The molecular weight excluding hydrogens is 309 g/mol. The summed E-state index contributed by atoms with van der Waals surface area (Å²) < 4.78 is 19.4. The maximum atomic E-state index is 13.7. The van der Waals surface area contributed by atoms with Gasteiger partial charge in [0.15, 0.2) is 0 Å². The molecule has 2 N–H and O–H groups in total. The number of carbonyl (C=O) groups excluding carboxylic acids is 1. The predicted octanol–water partition coefficient (Wildman–Crippen LogP) is 2.98. The zero-order valence-corrected chi connectivity index (χ0v) is 13.1. The van der Waals surface area contributed by atoms with Crippen molar-refractivity contribution in [1.82, 2.24) is 5.01 Å². The van der Waals surface area contributed by atoms with Crippen molar-refractivity contribution in [2.24, 2.45) is 16.8 Å². The van der Waals surface area contributed by atoms with Crippen LogP contribution in [0, 0.1) is 18.7 Å². The molecule has 0 radical (unpaired) electrons. The lowest BCUT2D eigenvalue weighted by molar-refractivity contribution is 0.168. The summed E-state index contributed by atoms with van der Waals surface area (Å²) in [7, 11) is 0. The van der Waals surface area contributed by atoms with Crippen LogP contribution < -0.4 is 10.5 Å². The van der Waals surface area contributed by atoms with Crippen LogP contribution in [-0.2, 0) is 0 Å². The van der Waals surface area contributed by atoms with Crippen LogP contribution in [0.3, 0.4) is 0 Å². The fourth-order valence-electron chi connectivity index (χ4n) is 3.42. The van der Waals surface area contributed by atoms with Crippen molar-refractivity contribution in [2.45, 2.75) is 13.0 Å². The fourth-order valence-corrected chi connectivity index (χ4v) is 3.42. The first-order chi connectivity index (χ1) is 11.5. The number of fused-ring (bicyclic) bond motifs is 3. The van der Waals surface area contributed by atoms with Gasteiger partial charge in [0.05, 0.1) is 24.3 Å². The van der Waals surface area contributed by atoms with E-state index in [2.05, 4.69) is 5.10 Å². The van der Waals surface area contributed by atoms with E-state index in [0.29, 0.717) is 23.6 Å². The first kappa shape index (κ1) is 14.7. The number of nitrogens with two attached hydrogens (primary N) is 1. The summed E-state index contributed by atoms with van der Waals surface area (Å²) in [5.41, 5.74) is 8.76. The van der Waals surface area contributed by atoms with Gasteiger partial charge in [-0.3, -0.25) is 0 Å². The largest absolute Gasteiger partial charge is 0.492 e. The predicted molar refractivity (Wildman–Crippen MR) is 87.3 cm³/mol. The average Bonchev–Trinajstić information content (AvgIpc) is 2.95. The number of benzene rings is 2. The van der Waals surface area contributed by atoms with Gasteiger partial charge in [-0.1, -0.05) is 29.8 Å². The van der Waals surface area contributed by atoms with Gasteiger partial charge in [-0.05, 0) is 30.7 Å². The van der Waals surface area contributed by atoms with Gasteiger partial charge < -0.3 is 10.5 Å². The first-order valence-electron chi connectivity index (χ1n) is 7.71. The van der Waals surface area contributed by atoms with Crippen LogP contribution >= 0.6 is 0 Å². The summed E-state index contributed by atoms with van der Waals surface area (Å²) in [5, 5.41) is 5.68. The average molecular weight is 325 g/mol. The van der Waals surface area contributed by atoms with E-state index in [4.69, 9.17) is 10.5 Å². The Balaban J connectivity index is 1.83. The molecule has 24 heavy (non-hydrogen) atoms. The summed E-state index contributed by atoms with van der Waals surface area (Å²) >= 11 is 0. The highest BCUT2D eigenvalue weighted by Gasteiger charge is 2.44. The smallest absolute Gasteiger partial charge is 0.335 e. The zero-order valence-electron chi connectivity index (χ0n) is 13.1. The molecule has 5 nitrogen and oxygen atoms in total. The van der Waals surface area contributed by atoms with Crippen LogP contribution in [0.1, 0.15) is 22.7 Å². The molecule has 2 heterocycles. The van der Waals surface area contributed by atoms with E-state index in [1.54, 1.807) is 6.07 Å². The molecule has 0 aliphatic carbocycles. The molecule has 0 aromatic heterocycles. The van der Waals surface area contributed by atoms with Gasteiger partial charge in [0.2, 0.25) is 0 Å². The van der Waals surface area contributed by atoms with Gasteiger partial charge in [-0.2, -0.15) is 5.10 Å². The molecular formula is C18H16FN3O2. The van der Waals surface area contributed by atoms with Crippen LogP contribution in [-0.4, -0.2) is 23.4 Å². The number of carbonyl (C=O) groups is 1. The summed E-state index contributed by atoms with van der Waals surface area (Å²) in [6.45, 7) is 2.34. The normalized spacial score (nSPS) is 21.6. The van der Waals surface area contributed by atoms with Gasteiger partial charge in [0.25, 0.3) is 0 Å². The van der Waals surface area contributed by atoms with Crippen molar-refractivity contribution in [3.05, 3.63) is 65.0 Å². The topological polar surface area (TPSA) is 67.9 Å². The molecule has 2 aromatic carbocycles. The van der Waals surface area contributed by atoms with Crippen LogP contribution in [0.5, 0.6) is 5.75 Å². The van der Waals surface area contributed by atoms with Gasteiger partial charge in [0.1, 0.15) is 11.6 Å². The lowest BCUT2D eigenvalue weighted by atomic mass is 9.85. The van der Waals surface area contributed by atoms with Crippen LogP contribution in [0.2, 0.25) is 0 Å². The Morgan fingerprint density at radius 1 is 1.33 bits per heavy atom. The number of primary amides is 1. The van der Waals surface area contributed by atoms with Crippen molar-refractivity contribution in [3.8, 4) is 5.75 Å². The van der Waals surface area contributed by atoms with Crippen molar-refractivity contribution < 1.29 is 13.9 Å². The molecule has 2 aromatic rings. The monoisotopic (exact) mass is 325 g/mol. The number of rotatable bonds is 1. The van der Waals surface area contributed by atoms with Crippen molar-refractivity contribution in [3.63, 3.8) is 0 Å². The second kappa shape index (κ2) is 5.33. The SMILES string of the molecule is Cc1cccc(C2C3COc4ccc(F)cc4C3=NN2C(N)=O)c1. The standard InChI is InChI=1S/C18H16FN3O2/c1-10-3-2-4-11(7-10)17-14-9-24-15-6-5-12(19)8-13(15)16(14)21-22(17)18(20)23/h2-8,14,17H,9H2,1H3,(H2,20,23). The molecule has 2 amide bonds. The molecule has 0 bridgehead atoms. The quantitative estimate of drug-likeness (QED) is 0.876. The highest BCUT2D eigenvalue weighted by Crippen LogP contribution is 2.42. The number of urea groups is 1. The van der Waals surface area contributed by atoms with E-state index in [-0.39, 0.29) is 17.8 Å². The van der Waals surface area contributed by atoms with E-state index < -0.39 is 6.03 Å². The molecule has 6 heteroatoms. The number of nitrogens with zero attached hydrogens (tertiary/aromatic N) is 2. The van der Waals surface area contributed by atoms with E-state index in [1.807, 2.05) is 31.2 Å². The Kier molecular flexibility index (Phi) is 3.26. The third kappa shape index (κ3) is 2.22. The maximum absolute atomic E-state index is 13.7. The summed E-state index contributed by atoms with van der Waals surface area (Å²) in [5.74, 6) is 0.0136. The zero-order chi connectivity index (χ0) is 16.8. The lowest BCUT2D eigenvalue weighted by Crippen LogP contribution is -2.37. The molecule has 122 valence electrons. The molecule has 2 aliphatic heterocycles. The van der Waals surface area contributed by atoms with E-state index in [0.717, 1.165) is 11.1 Å². The van der Waals surface area contributed by atoms with Crippen molar-refractivity contribution in [2.75, 3.05) is 6.61 Å². The number of hydrogen-bond acceptors (Lipinski definition) is 3. The van der Waals surface area contributed by atoms with Crippen LogP contribution in [0.25, 0.3) is 0 Å². The summed E-state index contributed by atoms with van der Waals surface area (Å²) in [6, 6.07) is 11.2. The highest BCUT2D eigenvalue weighted by molar-refractivity contribution is 6.07. The Morgan fingerprint density at radius 2 is 2.17 bits per heavy atom. The first-order valence-corrected chi connectivity index (χ1v) is 7.71. The van der Waals surface area contributed by atoms with E-state index in [9.17, 15) is 9.18 Å². The summed E-state index contributed by atoms with van der Waals surface area (Å²) in [4.78, 5) is 11.9. The minimum absolute atomic E-state index is 0.186. The fraction of sp³-hybridized carbons (Fsp3) is 0.222. The number of halogens is 1. The second-order valence-electron chi connectivity index (χ2n) is 6.09. The Hall–Kier alpha value is -2.89. The Morgan fingerprint density at radius 3 is 2.92 bits per heavy atom. The van der Waals surface area contributed by atoms with Crippen molar-refractivity contribution in [1.29, 1.82) is 0 Å². The molecule has 0 saturated heterocycles. The summed E-state index contributed by atoms with van der Waals surface area (Å²) in [6.07, 6.45) is 0. The Labute approximate surface area is 138 Å². The highest BCUT2D eigenvalue weighted by atomic mass is 19.1. The van der Waals surface area contributed by atoms with Gasteiger partial charge in [-0.25, -0.2) is 14.2 Å². The molecule has 0 spiro atoms. The number of amides is 2. The number of ether oxygens (including phenoxy) is 1. The van der Waals surface area contributed by atoms with E-state index >= 15 is 0 Å². The number of hydrogen-bond donors (Lipinski definition) is 1. The van der Waals surface area contributed by atoms with Crippen LogP contribution in [0.15, 0.2) is 47.6 Å². The lowest BCUT2D eigenvalue weighted by Gasteiger charge is -2.29. The third-order valence-corrected chi connectivity index (χ3v) is 4.46. The number of aryl methyl sites for hydroxylation is 1. The molecule has 2 atom stereocenters. The molecule has 0 fully saturated rings. The van der Waals surface area contributed by atoms with Crippen LogP contribution in [0.4, 0.5) is 9.18 Å². The number of hydrazone groups is 1. The minimum atomic E-state index is -0.638. The minimum Gasteiger partial charge on any atom is -0.492 e. The molecule has 2 aliphatic rings. The second-order valence-corrected chi connectivity index (χ2v) is 6.09. The van der Waals surface area contributed by atoms with Crippen molar-refractivity contribution >= 4 is 11.7 Å². The van der Waals surface area contributed by atoms with Gasteiger partial charge >= 0.3 is 6.03 Å². The molecule has 2 unspecified atom stereocenters. The molecule has 4 rings (SSSR count). The third-order valence-electron chi connectivity index (χ3n) is 4.46. The van der Waals surface area contributed by atoms with Gasteiger partial charge in [0, 0.05) is 5.56 Å². The molecule has 0 saturated carbocycles. The van der Waals surface area contributed by atoms with Gasteiger partial charge in [-0.15, -0.1) is 0 Å². The maximum Gasteiger partial charge on any atom is 0.335 e.